The zero-order valence-corrected chi connectivity index (χ0v) is 10.7. The highest BCUT2D eigenvalue weighted by molar-refractivity contribution is 5.94. The molecular weight excluding hydrogens is 228 g/mol. The maximum Gasteiger partial charge on any atom is 0.128 e. The second kappa shape index (κ2) is 5.82. The Morgan fingerprint density at radius 1 is 1.61 bits per heavy atom. The third kappa shape index (κ3) is 2.98. The summed E-state index contributed by atoms with van der Waals surface area (Å²) in [7, 11) is 1.75. The Kier molecular flexibility index (Phi) is 4.15. The van der Waals surface area contributed by atoms with Gasteiger partial charge < -0.3 is 15.4 Å². The Labute approximate surface area is 107 Å². The second-order valence-electron chi connectivity index (χ2n) is 4.73. The number of nitrogen functional groups attached to an aromatic ring is 1. The lowest BCUT2D eigenvalue weighted by atomic mass is 9.99. The molecule has 0 bridgehead atoms. The van der Waals surface area contributed by atoms with Gasteiger partial charge in [-0.25, -0.2) is 4.98 Å². The molecule has 1 aromatic rings. The van der Waals surface area contributed by atoms with Crippen LogP contribution in [0.2, 0.25) is 0 Å². The largest absolute Gasteiger partial charge is 0.384 e. The molecule has 5 heteroatoms. The lowest BCUT2D eigenvalue weighted by Gasteiger charge is -2.33. The van der Waals surface area contributed by atoms with Crippen LogP contribution in [0.3, 0.4) is 0 Å². The SMILES string of the molecule is COCC1CCCN(c2ccc(C(=N)N)cn2)C1. The topological polar surface area (TPSA) is 75.2 Å². The molecule has 18 heavy (non-hydrogen) atoms. The van der Waals surface area contributed by atoms with Gasteiger partial charge in [0.15, 0.2) is 0 Å². The molecule has 1 saturated heterocycles. The predicted molar refractivity (Wildman–Crippen MR) is 72.1 cm³/mol. The van der Waals surface area contributed by atoms with Crippen molar-refractivity contribution < 1.29 is 4.74 Å². The molecule has 1 aromatic heterocycles. The molecule has 1 unspecified atom stereocenters. The van der Waals surface area contributed by atoms with Crippen LogP contribution in [-0.2, 0) is 4.74 Å². The van der Waals surface area contributed by atoms with Crippen LogP contribution >= 0.6 is 0 Å². The number of nitrogens with one attached hydrogen (secondary N) is 1. The summed E-state index contributed by atoms with van der Waals surface area (Å²) in [5.74, 6) is 1.60. The van der Waals surface area contributed by atoms with E-state index in [-0.39, 0.29) is 5.84 Å². The van der Waals surface area contributed by atoms with Crippen molar-refractivity contribution in [3.05, 3.63) is 23.9 Å². The lowest BCUT2D eigenvalue weighted by molar-refractivity contribution is 0.143. The normalized spacial score (nSPS) is 19.8. The molecular formula is C13H20N4O. The van der Waals surface area contributed by atoms with Gasteiger partial charge >= 0.3 is 0 Å². The van der Waals surface area contributed by atoms with E-state index in [0.29, 0.717) is 11.5 Å². The first kappa shape index (κ1) is 12.8. The number of hydrogen-bond donors (Lipinski definition) is 2. The van der Waals surface area contributed by atoms with E-state index in [1.807, 2.05) is 12.1 Å². The molecule has 0 aliphatic carbocycles. The van der Waals surface area contributed by atoms with E-state index in [1.54, 1.807) is 13.3 Å². The molecule has 2 rings (SSSR count). The molecule has 0 amide bonds. The van der Waals surface area contributed by atoms with Crippen molar-refractivity contribution in [3.8, 4) is 0 Å². The number of nitrogens with two attached hydrogens (primary N) is 1. The molecule has 2 heterocycles. The number of amidine groups is 1. The molecule has 1 aliphatic rings. The minimum absolute atomic E-state index is 0.0601. The average molecular weight is 248 g/mol. The van der Waals surface area contributed by atoms with Crippen molar-refractivity contribution in [1.29, 1.82) is 5.41 Å². The van der Waals surface area contributed by atoms with Gasteiger partial charge in [-0.2, -0.15) is 0 Å². The summed E-state index contributed by atoms with van der Waals surface area (Å²) >= 11 is 0. The van der Waals surface area contributed by atoms with Crippen LogP contribution in [0.4, 0.5) is 5.82 Å². The van der Waals surface area contributed by atoms with Gasteiger partial charge in [0, 0.05) is 32.0 Å². The average Bonchev–Trinajstić information content (AvgIpc) is 2.39. The lowest BCUT2D eigenvalue weighted by Crippen LogP contribution is -2.37. The van der Waals surface area contributed by atoms with Gasteiger partial charge in [0.2, 0.25) is 0 Å². The standard InChI is InChI=1S/C13H20N4O/c1-18-9-10-3-2-6-17(8-10)12-5-4-11(7-16-12)13(14)15/h4-5,7,10H,2-3,6,8-9H2,1H3,(H3,14,15). The fourth-order valence-corrected chi connectivity index (χ4v) is 2.38. The van der Waals surface area contributed by atoms with E-state index in [2.05, 4.69) is 9.88 Å². The summed E-state index contributed by atoms with van der Waals surface area (Å²) in [6, 6.07) is 3.79. The first-order valence-electron chi connectivity index (χ1n) is 6.25. The molecule has 0 radical (unpaired) electrons. The molecule has 0 spiro atoms. The molecule has 1 atom stereocenters. The van der Waals surface area contributed by atoms with Gasteiger partial charge in [-0.3, -0.25) is 5.41 Å². The summed E-state index contributed by atoms with van der Waals surface area (Å²) in [6.45, 7) is 2.83. The molecule has 5 nitrogen and oxygen atoms in total. The fraction of sp³-hybridized carbons (Fsp3) is 0.538. The maximum atomic E-state index is 7.34. The first-order valence-corrected chi connectivity index (χ1v) is 6.25. The van der Waals surface area contributed by atoms with Gasteiger partial charge in [-0.15, -0.1) is 0 Å². The van der Waals surface area contributed by atoms with Crippen LogP contribution in [0.15, 0.2) is 18.3 Å². The van der Waals surface area contributed by atoms with Crippen LogP contribution < -0.4 is 10.6 Å². The number of anilines is 1. The van der Waals surface area contributed by atoms with Gasteiger partial charge in [0.05, 0.1) is 6.61 Å². The van der Waals surface area contributed by atoms with Gasteiger partial charge in [-0.05, 0) is 30.9 Å². The minimum Gasteiger partial charge on any atom is -0.384 e. The molecule has 0 aromatic carbocycles. The van der Waals surface area contributed by atoms with E-state index in [0.717, 1.165) is 25.5 Å². The zero-order chi connectivity index (χ0) is 13.0. The van der Waals surface area contributed by atoms with E-state index < -0.39 is 0 Å². The number of pyridine rings is 1. The van der Waals surface area contributed by atoms with Gasteiger partial charge in [0.25, 0.3) is 0 Å². The fourth-order valence-electron chi connectivity index (χ4n) is 2.38. The van der Waals surface area contributed by atoms with Crippen LogP contribution in [0.1, 0.15) is 18.4 Å². The summed E-state index contributed by atoms with van der Waals surface area (Å²) in [6.07, 6.45) is 4.05. The summed E-state index contributed by atoms with van der Waals surface area (Å²) in [4.78, 5) is 6.66. The summed E-state index contributed by atoms with van der Waals surface area (Å²) < 4.78 is 5.22. The van der Waals surface area contributed by atoms with Gasteiger partial charge in [-0.1, -0.05) is 0 Å². The third-order valence-corrected chi connectivity index (χ3v) is 3.30. The van der Waals surface area contributed by atoms with Crippen molar-refractivity contribution in [2.75, 3.05) is 31.7 Å². The van der Waals surface area contributed by atoms with Gasteiger partial charge in [0.1, 0.15) is 11.7 Å². The van der Waals surface area contributed by atoms with Crippen molar-refractivity contribution in [2.45, 2.75) is 12.8 Å². The van der Waals surface area contributed by atoms with Crippen LogP contribution in [0, 0.1) is 11.3 Å². The van der Waals surface area contributed by atoms with Crippen LogP contribution in [0.25, 0.3) is 0 Å². The number of aromatic nitrogens is 1. The van der Waals surface area contributed by atoms with E-state index >= 15 is 0 Å². The number of piperidine rings is 1. The van der Waals surface area contributed by atoms with Crippen molar-refractivity contribution in [1.82, 2.24) is 4.98 Å². The Morgan fingerprint density at radius 2 is 2.44 bits per heavy atom. The Balaban J connectivity index is 2.04. The Hall–Kier alpha value is -1.62. The Morgan fingerprint density at radius 3 is 3.06 bits per heavy atom. The predicted octanol–water partition coefficient (Wildman–Crippen LogP) is 1.23. The van der Waals surface area contributed by atoms with E-state index in [4.69, 9.17) is 15.9 Å². The third-order valence-electron chi connectivity index (χ3n) is 3.30. The quantitative estimate of drug-likeness (QED) is 0.620. The van der Waals surface area contributed by atoms with E-state index in [9.17, 15) is 0 Å². The highest BCUT2D eigenvalue weighted by Crippen LogP contribution is 2.21. The molecule has 3 N–H and O–H groups in total. The van der Waals surface area contributed by atoms with E-state index in [1.165, 1.54) is 12.8 Å². The van der Waals surface area contributed by atoms with Crippen LogP contribution in [-0.4, -0.2) is 37.6 Å². The molecule has 1 aliphatic heterocycles. The minimum atomic E-state index is 0.0601. The zero-order valence-electron chi connectivity index (χ0n) is 10.7. The first-order chi connectivity index (χ1) is 8.70. The molecule has 98 valence electrons. The summed E-state index contributed by atoms with van der Waals surface area (Å²) in [5, 5.41) is 7.34. The van der Waals surface area contributed by atoms with Crippen molar-refractivity contribution in [3.63, 3.8) is 0 Å². The number of rotatable bonds is 4. The van der Waals surface area contributed by atoms with Crippen LogP contribution in [0.5, 0.6) is 0 Å². The number of nitrogens with zero attached hydrogens (tertiary/aromatic N) is 2. The maximum absolute atomic E-state index is 7.34. The number of hydrogen-bond acceptors (Lipinski definition) is 4. The monoisotopic (exact) mass is 248 g/mol. The Bertz CT molecular complexity index is 402. The smallest absolute Gasteiger partial charge is 0.128 e. The number of ether oxygens (including phenoxy) is 1. The van der Waals surface area contributed by atoms with Crippen molar-refractivity contribution >= 4 is 11.7 Å². The molecule has 0 saturated carbocycles. The van der Waals surface area contributed by atoms with Crippen molar-refractivity contribution in [2.24, 2.45) is 11.7 Å². The molecule has 1 fully saturated rings. The highest BCUT2D eigenvalue weighted by atomic mass is 16.5. The summed E-state index contributed by atoms with van der Waals surface area (Å²) in [5.41, 5.74) is 6.09. The highest BCUT2D eigenvalue weighted by Gasteiger charge is 2.20. The second-order valence-corrected chi connectivity index (χ2v) is 4.73. The number of methoxy groups -OCH3 is 1.